The molecule has 0 spiro atoms. The van der Waals surface area contributed by atoms with Gasteiger partial charge >= 0.3 is 0 Å². The number of nitrogens with one attached hydrogen (secondary N) is 1. The van der Waals surface area contributed by atoms with Crippen molar-refractivity contribution in [3.8, 4) is 5.75 Å². The summed E-state index contributed by atoms with van der Waals surface area (Å²) >= 11 is 5.88. The van der Waals surface area contributed by atoms with Crippen LogP contribution in [0.25, 0.3) is 0 Å². The van der Waals surface area contributed by atoms with Gasteiger partial charge in [0, 0.05) is 11.1 Å². The Hall–Kier alpha value is -1.55. The fraction of sp³-hybridized carbons (Fsp3) is 0.529. The lowest BCUT2D eigenvalue weighted by atomic mass is 9.86. The molecule has 1 aliphatic carbocycles. The second-order valence-corrected chi connectivity index (χ2v) is 6.36. The monoisotopic (exact) mass is 323 g/mol. The van der Waals surface area contributed by atoms with E-state index >= 15 is 0 Å². The van der Waals surface area contributed by atoms with Crippen molar-refractivity contribution in [3.63, 3.8) is 0 Å². The van der Waals surface area contributed by atoms with Crippen molar-refractivity contribution in [3.05, 3.63) is 28.8 Å². The molecule has 4 nitrogen and oxygen atoms in total. The summed E-state index contributed by atoms with van der Waals surface area (Å²) in [6.07, 6.45) is 4.56. The summed E-state index contributed by atoms with van der Waals surface area (Å²) in [5.74, 6) is 0.603. The van der Waals surface area contributed by atoms with Gasteiger partial charge in [0.05, 0.1) is 5.56 Å². The summed E-state index contributed by atoms with van der Waals surface area (Å²) < 4.78 is 5.50. The Bertz CT molecular complexity index is 559. The largest absolute Gasteiger partial charge is 0.483 e. The van der Waals surface area contributed by atoms with Gasteiger partial charge in [-0.3, -0.25) is 9.59 Å². The molecule has 0 heterocycles. The summed E-state index contributed by atoms with van der Waals surface area (Å²) in [6.45, 7) is 3.52. The average Bonchev–Trinajstić information content (AvgIpc) is 2.48. The number of rotatable bonds is 5. The minimum Gasteiger partial charge on any atom is -0.483 e. The number of amides is 1. The van der Waals surface area contributed by atoms with E-state index in [1.54, 1.807) is 18.2 Å². The van der Waals surface area contributed by atoms with Crippen molar-refractivity contribution < 1.29 is 14.3 Å². The number of Topliss-reactive ketones (excluding diaryl/α,β-unsaturated/α-hetero) is 1. The minimum atomic E-state index is -0.150. The van der Waals surface area contributed by atoms with E-state index in [0.717, 1.165) is 19.3 Å². The van der Waals surface area contributed by atoms with Crippen LogP contribution in [0, 0.1) is 5.92 Å². The smallest absolute Gasteiger partial charge is 0.258 e. The first kappa shape index (κ1) is 16.8. The number of ketones is 1. The van der Waals surface area contributed by atoms with Crippen molar-refractivity contribution in [2.75, 3.05) is 6.61 Å². The average molecular weight is 324 g/mol. The number of hydrogen-bond acceptors (Lipinski definition) is 3. The molecule has 1 N–H and O–H groups in total. The fourth-order valence-corrected chi connectivity index (χ4v) is 3.00. The van der Waals surface area contributed by atoms with Crippen LogP contribution in [0.15, 0.2) is 18.2 Å². The lowest BCUT2D eigenvalue weighted by molar-refractivity contribution is -0.124. The van der Waals surface area contributed by atoms with Gasteiger partial charge in [-0.25, -0.2) is 0 Å². The Kier molecular flexibility index (Phi) is 5.83. The van der Waals surface area contributed by atoms with E-state index in [1.807, 2.05) is 0 Å². The van der Waals surface area contributed by atoms with Gasteiger partial charge in [0.2, 0.25) is 0 Å². The molecule has 2 atom stereocenters. The molecule has 0 bridgehead atoms. The summed E-state index contributed by atoms with van der Waals surface area (Å²) in [6, 6.07) is 5.04. The third-order valence-electron chi connectivity index (χ3n) is 4.14. The Morgan fingerprint density at radius 2 is 2.05 bits per heavy atom. The molecule has 0 saturated heterocycles. The molecule has 120 valence electrons. The predicted octanol–water partition coefficient (Wildman–Crippen LogP) is 3.62. The van der Waals surface area contributed by atoms with Crippen LogP contribution >= 0.6 is 11.6 Å². The quantitative estimate of drug-likeness (QED) is 0.842. The normalized spacial score (nSPS) is 21.2. The van der Waals surface area contributed by atoms with Gasteiger partial charge in [-0.1, -0.05) is 31.4 Å². The lowest BCUT2D eigenvalue weighted by Crippen LogP contribution is -2.43. The van der Waals surface area contributed by atoms with Crippen molar-refractivity contribution >= 4 is 23.3 Å². The Morgan fingerprint density at radius 1 is 1.32 bits per heavy atom. The molecule has 22 heavy (non-hydrogen) atoms. The summed E-state index contributed by atoms with van der Waals surface area (Å²) in [5, 5.41) is 3.49. The first-order valence-corrected chi connectivity index (χ1v) is 8.08. The van der Waals surface area contributed by atoms with E-state index in [4.69, 9.17) is 16.3 Å². The SMILES string of the molecule is CC(=O)c1cc(Cl)ccc1OCC(=O)N[C@@H]1CCCC[C@H]1C. The Balaban J connectivity index is 1.92. The first-order chi connectivity index (χ1) is 10.5. The van der Waals surface area contributed by atoms with E-state index in [9.17, 15) is 9.59 Å². The van der Waals surface area contributed by atoms with Crippen LogP contribution in [0.3, 0.4) is 0 Å². The molecule has 0 radical (unpaired) electrons. The molecule has 1 aromatic rings. The zero-order valence-electron chi connectivity index (χ0n) is 13.0. The Labute approximate surface area is 136 Å². The molecule has 5 heteroatoms. The van der Waals surface area contributed by atoms with E-state index < -0.39 is 0 Å². The third kappa shape index (κ3) is 4.47. The number of ether oxygens (including phenoxy) is 1. The molecular formula is C17H22ClNO3. The second kappa shape index (κ2) is 7.63. The summed E-state index contributed by atoms with van der Waals surface area (Å²) in [7, 11) is 0. The molecule has 0 aromatic heterocycles. The standard InChI is InChI=1S/C17H22ClNO3/c1-11-5-3-4-6-15(11)19-17(21)10-22-16-8-7-13(18)9-14(16)12(2)20/h7-9,11,15H,3-6,10H2,1-2H3,(H,19,21)/t11-,15-/m1/s1. The topological polar surface area (TPSA) is 55.4 Å². The maximum Gasteiger partial charge on any atom is 0.258 e. The molecule has 2 rings (SSSR count). The van der Waals surface area contributed by atoms with Crippen LogP contribution < -0.4 is 10.1 Å². The molecule has 1 fully saturated rings. The molecule has 1 saturated carbocycles. The van der Waals surface area contributed by atoms with Crippen molar-refractivity contribution in [1.29, 1.82) is 0 Å². The highest BCUT2D eigenvalue weighted by atomic mass is 35.5. The van der Waals surface area contributed by atoms with Crippen LogP contribution in [0.1, 0.15) is 49.9 Å². The summed E-state index contributed by atoms with van der Waals surface area (Å²) in [5.41, 5.74) is 0.395. The fourth-order valence-electron chi connectivity index (χ4n) is 2.83. The highest BCUT2D eigenvalue weighted by Gasteiger charge is 2.23. The third-order valence-corrected chi connectivity index (χ3v) is 4.37. The molecule has 0 unspecified atom stereocenters. The second-order valence-electron chi connectivity index (χ2n) is 5.92. The number of halogens is 1. The highest BCUT2D eigenvalue weighted by molar-refractivity contribution is 6.31. The van der Waals surface area contributed by atoms with Gasteiger partial charge in [-0.15, -0.1) is 0 Å². The highest BCUT2D eigenvalue weighted by Crippen LogP contribution is 2.25. The van der Waals surface area contributed by atoms with Gasteiger partial charge in [0.25, 0.3) is 5.91 Å². The van der Waals surface area contributed by atoms with Crippen molar-refractivity contribution in [2.45, 2.75) is 45.6 Å². The van der Waals surface area contributed by atoms with Gasteiger partial charge in [-0.05, 0) is 43.9 Å². The lowest BCUT2D eigenvalue weighted by Gasteiger charge is -2.29. The van der Waals surface area contributed by atoms with Gasteiger partial charge < -0.3 is 10.1 Å². The zero-order chi connectivity index (χ0) is 16.1. The van der Waals surface area contributed by atoms with Crippen LogP contribution in [0.2, 0.25) is 5.02 Å². The number of hydrogen-bond donors (Lipinski definition) is 1. The molecule has 1 amide bonds. The van der Waals surface area contributed by atoms with Crippen LogP contribution in [0.5, 0.6) is 5.75 Å². The van der Waals surface area contributed by atoms with Crippen LogP contribution in [-0.2, 0) is 4.79 Å². The molecular weight excluding hydrogens is 302 g/mol. The zero-order valence-corrected chi connectivity index (χ0v) is 13.8. The first-order valence-electron chi connectivity index (χ1n) is 7.70. The van der Waals surface area contributed by atoms with Gasteiger partial charge in [0.1, 0.15) is 5.75 Å². The minimum absolute atomic E-state index is 0.0921. The number of benzene rings is 1. The van der Waals surface area contributed by atoms with E-state index in [-0.39, 0.29) is 24.3 Å². The predicted molar refractivity (Wildman–Crippen MR) is 86.5 cm³/mol. The Morgan fingerprint density at radius 3 is 2.73 bits per heavy atom. The van der Waals surface area contributed by atoms with E-state index in [2.05, 4.69) is 12.2 Å². The number of carbonyl (C=O) groups is 2. The summed E-state index contributed by atoms with van der Waals surface area (Å²) in [4.78, 5) is 23.6. The van der Waals surface area contributed by atoms with E-state index in [1.165, 1.54) is 13.3 Å². The number of carbonyl (C=O) groups excluding carboxylic acids is 2. The van der Waals surface area contributed by atoms with Crippen molar-refractivity contribution in [2.24, 2.45) is 5.92 Å². The van der Waals surface area contributed by atoms with Crippen molar-refractivity contribution in [1.82, 2.24) is 5.32 Å². The van der Waals surface area contributed by atoms with Crippen LogP contribution in [-0.4, -0.2) is 24.3 Å². The molecule has 1 aromatic carbocycles. The molecule has 1 aliphatic rings. The van der Waals surface area contributed by atoms with Gasteiger partial charge in [0.15, 0.2) is 12.4 Å². The maximum atomic E-state index is 12.0. The molecule has 0 aliphatic heterocycles. The van der Waals surface area contributed by atoms with E-state index in [0.29, 0.717) is 22.3 Å². The van der Waals surface area contributed by atoms with Crippen LogP contribution in [0.4, 0.5) is 0 Å². The maximum absolute atomic E-state index is 12.0. The van der Waals surface area contributed by atoms with Gasteiger partial charge in [-0.2, -0.15) is 0 Å².